The maximum atomic E-state index is 11.7. The Morgan fingerprint density at radius 3 is 2.38 bits per heavy atom. The molecule has 0 aromatic heterocycles. The van der Waals surface area contributed by atoms with Gasteiger partial charge in [0.1, 0.15) is 0 Å². The summed E-state index contributed by atoms with van der Waals surface area (Å²) in [4.78, 5) is 24.8. The van der Waals surface area contributed by atoms with E-state index >= 15 is 0 Å². The molecule has 1 aliphatic heterocycles. The first-order chi connectivity index (χ1) is 10.0. The molecule has 0 saturated carbocycles. The molecule has 3 N–H and O–H groups in total. The molecular formula is C15H29N3O3. The Bertz CT molecular complexity index is 330. The Hall–Kier alpha value is -1.30. The van der Waals surface area contributed by atoms with Crippen LogP contribution in [0.1, 0.15) is 39.5 Å². The number of nitrogens with one attached hydrogen (secondary N) is 2. The van der Waals surface area contributed by atoms with Crippen LogP contribution in [-0.2, 0) is 4.79 Å². The van der Waals surface area contributed by atoms with E-state index in [-0.39, 0.29) is 18.4 Å². The van der Waals surface area contributed by atoms with E-state index < -0.39 is 5.97 Å². The number of hydrogen-bond donors (Lipinski definition) is 3. The summed E-state index contributed by atoms with van der Waals surface area (Å²) < 4.78 is 0. The largest absolute Gasteiger partial charge is 0.481 e. The fourth-order valence-electron chi connectivity index (χ4n) is 2.64. The zero-order valence-electron chi connectivity index (χ0n) is 13.2. The van der Waals surface area contributed by atoms with Crippen LogP contribution in [0.4, 0.5) is 4.79 Å². The maximum absolute atomic E-state index is 11.7. The first-order valence-electron chi connectivity index (χ1n) is 7.97. The molecule has 6 heteroatoms. The van der Waals surface area contributed by atoms with E-state index in [1.165, 1.54) is 25.9 Å². The second-order valence-corrected chi connectivity index (χ2v) is 6.08. The number of carbonyl (C=O) groups excluding carboxylic acids is 1. The van der Waals surface area contributed by atoms with E-state index in [2.05, 4.69) is 22.5 Å². The van der Waals surface area contributed by atoms with Gasteiger partial charge in [0.2, 0.25) is 0 Å². The summed E-state index contributed by atoms with van der Waals surface area (Å²) >= 11 is 0. The molecule has 2 amide bonds. The van der Waals surface area contributed by atoms with Crippen LogP contribution in [0, 0.1) is 11.8 Å². The topological polar surface area (TPSA) is 81.7 Å². The van der Waals surface area contributed by atoms with Crippen molar-refractivity contribution in [2.24, 2.45) is 11.8 Å². The summed E-state index contributed by atoms with van der Waals surface area (Å²) in [5.41, 5.74) is 0. The van der Waals surface area contributed by atoms with Gasteiger partial charge in [0, 0.05) is 26.1 Å². The van der Waals surface area contributed by atoms with Crippen molar-refractivity contribution >= 4 is 12.0 Å². The highest BCUT2D eigenvalue weighted by Crippen LogP contribution is 2.09. The number of amides is 2. The third-order valence-electron chi connectivity index (χ3n) is 3.97. The second-order valence-electron chi connectivity index (χ2n) is 6.08. The molecule has 0 aliphatic carbocycles. The highest BCUT2D eigenvalue weighted by atomic mass is 16.4. The van der Waals surface area contributed by atoms with E-state index in [0.717, 1.165) is 13.0 Å². The molecule has 21 heavy (non-hydrogen) atoms. The molecular weight excluding hydrogens is 270 g/mol. The predicted octanol–water partition coefficient (Wildman–Crippen LogP) is 1.52. The molecule has 122 valence electrons. The van der Waals surface area contributed by atoms with Crippen molar-refractivity contribution in [2.45, 2.75) is 39.5 Å². The van der Waals surface area contributed by atoms with Gasteiger partial charge in [0.25, 0.3) is 0 Å². The molecule has 0 aromatic carbocycles. The third-order valence-corrected chi connectivity index (χ3v) is 3.97. The van der Waals surface area contributed by atoms with Gasteiger partial charge in [-0.25, -0.2) is 4.79 Å². The molecule has 0 bridgehead atoms. The molecule has 1 heterocycles. The molecule has 1 saturated heterocycles. The minimum Gasteiger partial charge on any atom is -0.481 e. The molecule has 6 nitrogen and oxygen atoms in total. The molecule has 1 rings (SSSR count). The van der Waals surface area contributed by atoms with Gasteiger partial charge in [0.05, 0.1) is 0 Å². The summed E-state index contributed by atoms with van der Waals surface area (Å²) in [6.45, 7) is 8.50. The number of aliphatic carboxylic acids is 1. The smallest absolute Gasteiger partial charge is 0.314 e. The summed E-state index contributed by atoms with van der Waals surface area (Å²) in [5.74, 6) is -0.395. The van der Waals surface area contributed by atoms with Crippen LogP contribution < -0.4 is 10.6 Å². The fraction of sp³-hybridized carbons (Fsp3) is 0.867. The standard InChI is InChI=1S/C15H29N3O3/c1-3-13(8-14(19)20)10-17-15(21)16-9-12(2)11-18-6-4-5-7-18/h12-13H,3-11H2,1-2H3,(H,19,20)(H2,16,17,21). The molecule has 1 fully saturated rings. The number of urea groups is 1. The first-order valence-corrected chi connectivity index (χ1v) is 7.97. The zero-order valence-corrected chi connectivity index (χ0v) is 13.2. The Balaban J connectivity index is 2.13. The number of hydrogen-bond acceptors (Lipinski definition) is 3. The zero-order chi connectivity index (χ0) is 15.7. The molecule has 2 unspecified atom stereocenters. The van der Waals surface area contributed by atoms with E-state index in [0.29, 0.717) is 19.0 Å². The fourth-order valence-corrected chi connectivity index (χ4v) is 2.64. The number of carboxylic acids is 1. The highest BCUT2D eigenvalue weighted by molar-refractivity contribution is 5.74. The summed E-state index contributed by atoms with van der Waals surface area (Å²) in [7, 11) is 0. The van der Waals surface area contributed by atoms with Crippen molar-refractivity contribution in [1.82, 2.24) is 15.5 Å². The lowest BCUT2D eigenvalue weighted by Gasteiger charge is -2.21. The number of nitrogens with zero attached hydrogens (tertiary/aromatic N) is 1. The first kappa shape index (κ1) is 17.8. The van der Waals surface area contributed by atoms with Crippen molar-refractivity contribution in [3.63, 3.8) is 0 Å². The summed E-state index contributed by atoms with van der Waals surface area (Å²) in [6.07, 6.45) is 3.41. The van der Waals surface area contributed by atoms with E-state index in [1.807, 2.05) is 6.92 Å². The molecule has 0 radical (unpaired) electrons. The van der Waals surface area contributed by atoms with Crippen molar-refractivity contribution in [1.29, 1.82) is 0 Å². The summed E-state index contributed by atoms with van der Waals surface area (Å²) in [5, 5.41) is 14.4. The monoisotopic (exact) mass is 299 g/mol. The minimum atomic E-state index is -0.816. The average molecular weight is 299 g/mol. The molecule has 0 aromatic rings. The number of carboxylic acid groups (broad SMARTS) is 1. The van der Waals surface area contributed by atoms with Gasteiger partial charge in [-0.05, 0) is 37.8 Å². The van der Waals surface area contributed by atoms with E-state index in [9.17, 15) is 9.59 Å². The van der Waals surface area contributed by atoms with E-state index in [4.69, 9.17) is 5.11 Å². The number of carbonyl (C=O) groups is 2. The Morgan fingerprint density at radius 1 is 1.19 bits per heavy atom. The normalized spacial score (nSPS) is 18.2. The van der Waals surface area contributed by atoms with E-state index in [1.54, 1.807) is 0 Å². The minimum absolute atomic E-state index is 0.00438. The highest BCUT2D eigenvalue weighted by Gasteiger charge is 2.16. The van der Waals surface area contributed by atoms with Crippen molar-refractivity contribution < 1.29 is 14.7 Å². The lowest BCUT2D eigenvalue weighted by Crippen LogP contribution is -2.41. The lowest BCUT2D eigenvalue weighted by molar-refractivity contribution is -0.138. The van der Waals surface area contributed by atoms with Crippen LogP contribution >= 0.6 is 0 Å². The van der Waals surface area contributed by atoms with Gasteiger partial charge in [-0.3, -0.25) is 4.79 Å². The van der Waals surface area contributed by atoms with Crippen LogP contribution in [0.15, 0.2) is 0 Å². The van der Waals surface area contributed by atoms with Gasteiger partial charge in [0.15, 0.2) is 0 Å². The van der Waals surface area contributed by atoms with Gasteiger partial charge in [-0.2, -0.15) is 0 Å². The number of likely N-dealkylation sites (tertiary alicyclic amines) is 1. The van der Waals surface area contributed by atoms with Gasteiger partial charge in [-0.1, -0.05) is 20.3 Å². The van der Waals surface area contributed by atoms with Crippen LogP contribution in [0.3, 0.4) is 0 Å². The second kappa shape index (κ2) is 9.60. The van der Waals surface area contributed by atoms with Gasteiger partial charge in [-0.15, -0.1) is 0 Å². The quantitative estimate of drug-likeness (QED) is 0.603. The van der Waals surface area contributed by atoms with Crippen LogP contribution in [0.25, 0.3) is 0 Å². The van der Waals surface area contributed by atoms with Crippen molar-refractivity contribution in [3.05, 3.63) is 0 Å². The Kier molecular flexibility index (Phi) is 8.12. The lowest BCUT2D eigenvalue weighted by atomic mass is 10.0. The van der Waals surface area contributed by atoms with Crippen LogP contribution in [0.2, 0.25) is 0 Å². The molecule has 0 spiro atoms. The molecule has 2 atom stereocenters. The Labute approximate surface area is 127 Å². The maximum Gasteiger partial charge on any atom is 0.314 e. The van der Waals surface area contributed by atoms with Crippen molar-refractivity contribution in [2.75, 3.05) is 32.7 Å². The average Bonchev–Trinajstić information content (AvgIpc) is 2.93. The predicted molar refractivity (Wildman–Crippen MR) is 82.3 cm³/mol. The van der Waals surface area contributed by atoms with Crippen molar-refractivity contribution in [3.8, 4) is 0 Å². The van der Waals surface area contributed by atoms with Crippen LogP contribution in [0.5, 0.6) is 0 Å². The Morgan fingerprint density at radius 2 is 1.81 bits per heavy atom. The van der Waals surface area contributed by atoms with Crippen LogP contribution in [-0.4, -0.2) is 54.7 Å². The third kappa shape index (κ3) is 7.90. The van der Waals surface area contributed by atoms with Gasteiger partial charge >= 0.3 is 12.0 Å². The number of rotatable bonds is 9. The van der Waals surface area contributed by atoms with Gasteiger partial charge < -0.3 is 20.6 Å². The molecule has 1 aliphatic rings. The SMILES string of the molecule is CCC(CNC(=O)NCC(C)CN1CCCC1)CC(=O)O. The summed E-state index contributed by atoms with van der Waals surface area (Å²) in [6, 6.07) is -0.202.